The Morgan fingerprint density at radius 2 is 1.73 bits per heavy atom. The number of fused-ring (bicyclic) bond motifs is 1. The zero-order valence-electron chi connectivity index (χ0n) is 18.2. The molecule has 0 saturated carbocycles. The summed E-state index contributed by atoms with van der Waals surface area (Å²) in [4.78, 5) is 38.6. The third kappa shape index (κ3) is 6.06. The summed E-state index contributed by atoms with van der Waals surface area (Å²) in [5, 5.41) is 3.57. The number of piperazine rings is 1. The van der Waals surface area contributed by atoms with Crippen molar-refractivity contribution in [3.63, 3.8) is 0 Å². The van der Waals surface area contributed by atoms with Gasteiger partial charge in [0.15, 0.2) is 17.4 Å². The van der Waals surface area contributed by atoms with Crippen LogP contribution in [0.3, 0.4) is 0 Å². The number of carbonyl (C=O) groups excluding carboxylic acids is 2. The van der Waals surface area contributed by atoms with Crippen LogP contribution in [0.1, 0.15) is 6.92 Å². The van der Waals surface area contributed by atoms with Gasteiger partial charge in [-0.25, -0.2) is 8.78 Å². The van der Waals surface area contributed by atoms with Gasteiger partial charge in [-0.15, -0.1) is 0 Å². The number of hydrogen-bond acceptors (Lipinski definition) is 5. The van der Waals surface area contributed by atoms with E-state index in [1.54, 1.807) is 23.1 Å². The molecular weight excluding hydrogens is 434 g/mol. The van der Waals surface area contributed by atoms with Gasteiger partial charge in [-0.05, 0) is 24.3 Å². The number of carbonyl (C=O) groups is 2. The molecule has 10 heteroatoms. The minimum atomic E-state index is -0.717. The van der Waals surface area contributed by atoms with E-state index >= 15 is 0 Å². The summed E-state index contributed by atoms with van der Waals surface area (Å²) in [5.74, 6) is -1.92. The second-order valence-electron chi connectivity index (χ2n) is 7.38. The molecule has 0 aliphatic carbocycles. The Morgan fingerprint density at radius 3 is 2.30 bits per heavy atom. The molecule has 0 atom stereocenters. The number of methoxy groups -OCH3 is 1. The molecule has 1 fully saturated rings. The monoisotopic (exact) mass is 458 g/mol. The van der Waals surface area contributed by atoms with Gasteiger partial charge in [0, 0.05) is 73.6 Å². The first-order chi connectivity index (χ1) is 15.8. The number of hydrogen-bond donors (Lipinski definition) is 2. The summed E-state index contributed by atoms with van der Waals surface area (Å²) in [6, 6.07) is 11.0. The Morgan fingerprint density at radius 1 is 1.06 bits per heavy atom. The second-order valence-corrected chi connectivity index (χ2v) is 7.38. The highest BCUT2D eigenvalue weighted by Gasteiger charge is 2.19. The molecule has 0 spiro atoms. The highest BCUT2D eigenvalue weighted by atomic mass is 19.1. The highest BCUT2D eigenvalue weighted by Crippen LogP contribution is 2.28. The van der Waals surface area contributed by atoms with Gasteiger partial charge in [0.25, 0.3) is 0 Å². The second kappa shape index (κ2) is 10.6. The van der Waals surface area contributed by atoms with Crippen LogP contribution in [0.4, 0.5) is 20.2 Å². The molecule has 2 aromatic carbocycles. The Labute approximate surface area is 188 Å². The van der Waals surface area contributed by atoms with E-state index in [1.165, 1.54) is 32.2 Å². The molecular formula is C23H24F2N4O4. The molecule has 1 aromatic heterocycles. The number of aromatic nitrogens is 1. The lowest BCUT2D eigenvalue weighted by molar-refractivity contribution is -0.118. The molecule has 1 aliphatic rings. The maximum absolute atomic E-state index is 13.6. The van der Waals surface area contributed by atoms with Crippen LogP contribution in [-0.2, 0) is 9.59 Å². The van der Waals surface area contributed by atoms with Crippen molar-refractivity contribution in [2.45, 2.75) is 6.92 Å². The van der Waals surface area contributed by atoms with Crippen LogP contribution in [-0.4, -0.2) is 55.5 Å². The zero-order valence-corrected chi connectivity index (χ0v) is 18.2. The molecule has 8 nitrogen and oxygen atoms in total. The first-order valence-corrected chi connectivity index (χ1v) is 10.2. The zero-order chi connectivity index (χ0) is 24.0. The predicted molar refractivity (Wildman–Crippen MR) is 122 cm³/mol. The SMILES string of the molecule is CC(=O)Nc1ccc2[nH]c(=O)ccc2c1.COc1c(F)cc(N2CCN(C=O)CC2)cc1F. The normalized spacial score (nSPS) is 13.2. The van der Waals surface area contributed by atoms with Crippen LogP contribution < -0.4 is 20.5 Å². The fourth-order valence-electron chi connectivity index (χ4n) is 3.44. The van der Waals surface area contributed by atoms with Crippen molar-refractivity contribution in [1.82, 2.24) is 9.88 Å². The van der Waals surface area contributed by atoms with E-state index in [2.05, 4.69) is 15.0 Å². The third-order valence-corrected chi connectivity index (χ3v) is 5.06. The number of H-pyrrole nitrogens is 1. The minimum absolute atomic E-state index is 0.112. The number of anilines is 2. The Kier molecular flexibility index (Phi) is 7.60. The van der Waals surface area contributed by atoms with Gasteiger partial charge in [0.1, 0.15) is 0 Å². The van der Waals surface area contributed by atoms with Gasteiger partial charge in [0.2, 0.25) is 17.9 Å². The Hall–Kier alpha value is -3.95. The van der Waals surface area contributed by atoms with Crippen LogP contribution in [0.25, 0.3) is 10.9 Å². The summed E-state index contributed by atoms with van der Waals surface area (Å²) in [6.45, 7) is 3.68. The van der Waals surface area contributed by atoms with Gasteiger partial charge < -0.3 is 24.8 Å². The average Bonchev–Trinajstić information content (AvgIpc) is 2.79. The van der Waals surface area contributed by atoms with Crippen LogP contribution in [0.5, 0.6) is 5.75 Å². The Bertz CT molecular complexity index is 1180. The molecule has 1 aliphatic heterocycles. The van der Waals surface area contributed by atoms with E-state index in [0.29, 0.717) is 31.9 Å². The standard InChI is InChI=1S/C12H14F2N2O2.C11H10N2O2/c1-18-12-10(13)6-9(7-11(12)14)16-4-2-15(8-17)3-5-16;1-7(14)12-9-3-4-10-8(6-9)2-5-11(15)13-10/h6-8H,2-5H2,1H3;2-6H,1H3,(H,12,14)(H,13,15). The Balaban J connectivity index is 0.000000189. The first-order valence-electron chi connectivity index (χ1n) is 10.2. The quantitative estimate of drug-likeness (QED) is 0.587. The number of nitrogens with one attached hydrogen (secondary N) is 2. The number of halogens is 2. The van der Waals surface area contributed by atoms with Gasteiger partial charge in [-0.2, -0.15) is 0 Å². The van der Waals surface area contributed by atoms with Gasteiger partial charge in [-0.1, -0.05) is 0 Å². The van der Waals surface area contributed by atoms with Crippen molar-refractivity contribution in [2.75, 3.05) is 43.5 Å². The molecule has 1 saturated heterocycles. The minimum Gasteiger partial charge on any atom is -0.491 e. The van der Waals surface area contributed by atoms with E-state index in [4.69, 9.17) is 0 Å². The van der Waals surface area contributed by atoms with E-state index in [9.17, 15) is 23.2 Å². The summed E-state index contributed by atoms with van der Waals surface area (Å²) in [5.41, 5.74) is 1.82. The molecule has 2 N–H and O–H groups in total. The van der Waals surface area contributed by atoms with Crippen molar-refractivity contribution in [3.8, 4) is 5.75 Å². The number of benzene rings is 2. The molecule has 4 rings (SSSR count). The molecule has 33 heavy (non-hydrogen) atoms. The van der Waals surface area contributed by atoms with Crippen molar-refractivity contribution in [2.24, 2.45) is 0 Å². The molecule has 2 amide bonds. The first kappa shape index (κ1) is 23.7. The van der Waals surface area contributed by atoms with Gasteiger partial charge in [0.05, 0.1) is 7.11 Å². The largest absolute Gasteiger partial charge is 0.491 e. The van der Waals surface area contributed by atoms with Crippen LogP contribution in [0.2, 0.25) is 0 Å². The fourth-order valence-corrected chi connectivity index (χ4v) is 3.44. The summed E-state index contributed by atoms with van der Waals surface area (Å²) >= 11 is 0. The fraction of sp³-hybridized carbons (Fsp3) is 0.261. The van der Waals surface area contributed by atoms with Crippen LogP contribution in [0.15, 0.2) is 47.3 Å². The number of amides is 2. The highest BCUT2D eigenvalue weighted by molar-refractivity contribution is 5.92. The van der Waals surface area contributed by atoms with E-state index < -0.39 is 11.6 Å². The van der Waals surface area contributed by atoms with Crippen LogP contribution >= 0.6 is 0 Å². The number of nitrogens with zero attached hydrogens (tertiary/aromatic N) is 2. The molecule has 0 bridgehead atoms. The molecule has 0 radical (unpaired) electrons. The van der Waals surface area contributed by atoms with Gasteiger partial charge >= 0.3 is 0 Å². The molecule has 3 aromatic rings. The summed E-state index contributed by atoms with van der Waals surface area (Å²) in [7, 11) is 1.23. The third-order valence-electron chi connectivity index (χ3n) is 5.06. The topological polar surface area (TPSA) is 94.7 Å². The lowest BCUT2D eigenvalue weighted by Gasteiger charge is -2.34. The number of rotatable bonds is 4. The van der Waals surface area contributed by atoms with Gasteiger partial charge in [-0.3, -0.25) is 14.4 Å². The maximum Gasteiger partial charge on any atom is 0.248 e. The van der Waals surface area contributed by atoms with Crippen molar-refractivity contribution >= 4 is 34.6 Å². The maximum atomic E-state index is 13.6. The summed E-state index contributed by atoms with van der Waals surface area (Å²) < 4.78 is 31.7. The van der Waals surface area contributed by atoms with Crippen molar-refractivity contribution in [3.05, 3.63) is 64.5 Å². The molecule has 174 valence electrons. The van der Waals surface area contributed by atoms with Crippen molar-refractivity contribution in [1.29, 1.82) is 0 Å². The number of aromatic amines is 1. The van der Waals surface area contributed by atoms with E-state index in [1.807, 2.05) is 11.0 Å². The molecule has 2 heterocycles. The van der Waals surface area contributed by atoms with Crippen LogP contribution in [0, 0.1) is 11.6 Å². The van der Waals surface area contributed by atoms with E-state index in [-0.39, 0.29) is 17.2 Å². The number of pyridine rings is 1. The smallest absolute Gasteiger partial charge is 0.248 e. The van der Waals surface area contributed by atoms with Crippen molar-refractivity contribution < 1.29 is 23.1 Å². The lowest BCUT2D eigenvalue weighted by atomic mass is 10.2. The molecule has 0 unspecified atom stereocenters. The predicted octanol–water partition coefficient (Wildman–Crippen LogP) is 2.74. The summed E-state index contributed by atoms with van der Waals surface area (Å²) in [6.07, 6.45) is 0.784. The van der Waals surface area contributed by atoms with E-state index in [0.717, 1.165) is 23.0 Å². The number of ether oxygens (including phenoxy) is 1. The average molecular weight is 458 g/mol. The lowest BCUT2D eigenvalue weighted by Crippen LogP contribution is -2.45.